The fraction of sp³-hybridized carbons (Fsp3) is 0. The molecule has 0 aliphatic rings. The summed E-state index contributed by atoms with van der Waals surface area (Å²) in [5, 5.41) is 0. The average Bonchev–Trinajstić information content (AvgIpc) is 1.19. The van der Waals surface area contributed by atoms with E-state index >= 15 is 0 Å². The molecule has 0 aromatic heterocycles. The maximum atomic E-state index is 8.55. The van der Waals surface area contributed by atoms with Crippen LogP contribution >= 0.6 is 25.0 Å². The van der Waals surface area contributed by atoms with Gasteiger partial charge in [-0.2, -0.15) is 7.82 Å². The van der Waals surface area contributed by atoms with Gasteiger partial charge in [0.2, 0.25) is 0 Å². The van der Waals surface area contributed by atoms with E-state index in [-0.39, 0.29) is 41.3 Å². The van der Waals surface area contributed by atoms with Crippen LogP contribution in [0.15, 0.2) is 0 Å². The molecule has 0 aliphatic carbocycles. The first kappa shape index (κ1) is 19.3. The molecule has 0 aromatic rings. The molecule has 0 heterocycles. The number of hydrogen-bond donors (Lipinski definition) is 0. The monoisotopic (exact) mass is 482 g/mol. The summed E-state index contributed by atoms with van der Waals surface area (Å²) in [7, 11) is -5.39. The molecule has 0 radical (unpaired) electrons. The predicted octanol–water partition coefficient (Wildman–Crippen LogP) is -0.756. The van der Waals surface area contributed by atoms with E-state index in [9.17, 15) is 0 Å². The minimum atomic E-state index is -5.39. The summed E-state index contributed by atoms with van der Waals surface area (Å²) in [6.07, 6.45) is 0. The number of rotatable bonds is 0. The smallest absolute Gasteiger partial charge is 3.00 e. The first-order valence-corrected chi connectivity index (χ1v) is 16.8. The normalized spacial score (nSPS) is 8.60. The van der Waals surface area contributed by atoms with E-state index in [0.717, 1.165) is 0 Å². The van der Waals surface area contributed by atoms with E-state index in [2.05, 4.69) is 0 Å². The zero-order valence-corrected chi connectivity index (χ0v) is 14.9. The van der Waals surface area contributed by atoms with Gasteiger partial charge in [-0.15, -0.1) is 0 Å². The van der Waals surface area contributed by atoms with Crippen LogP contribution in [0.5, 0.6) is 0 Å². The van der Waals surface area contributed by atoms with Crippen LogP contribution in [-0.4, -0.2) is 0 Å². The molecular formula is Cl3O4PPr2. The Morgan fingerprint density at radius 1 is 1.10 bits per heavy atom. The van der Waals surface area contributed by atoms with Crippen LogP contribution < -0.4 is 14.7 Å². The summed E-state index contributed by atoms with van der Waals surface area (Å²) in [5.74, 6) is 0. The van der Waals surface area contributed by atoms with Gasteiger partial charge in [0.05, 0.1) is 0 Å². The Morgan fingerprint density at radius 3 is 1.10 bits per heavy atom. The van der Waals surface area contributed by atoms with E-state index in [0.29, 0.717) is 0 Å². The molecule has 0 aliphatic heterocycles. The second-order valence-corrected chi connectivity index (χ2v) is 17.9. The molecule has 0 spiro atoms. The van der Waals surface area contributed by atoms with Crippen LogP contribution in [0.4, 0.5) is 0 Å². The molecule has 0 aromatic carbocycles. The third-order valence-corrected chi connectivity index (χ3v) is 0. The Kier molecular flexibility index (Phi) is 20.8. The van der Waals surface area contributed by atoms with Crippen molar-refractivity contribution in [2.45, 2.75) is 0 Å². The Labute approximate surface area is 113 Å². The van der Waals surface area contributed by atoms with E-state index in [1.54, 1.807) is 0 Å². The molecule has 0 fully saturated rings. The molecule has 0 rings (SSSR count). The molecule has 0 bridgehead atoms. The molecule has 56 valence electrons. The van der Waals surface area contributed by atoms with Gasteiger partial charge < -0.3 is 19.2 Å². The van der Waals surface area contributed by atoms with Gasteiger partial charge in [0, 0.05) is 0 Å². The van der Waals surface area contributed by atoms with Gasteiger partial charge >= 0.3 is 88.7 Å². The topological polar surface area (TPSA) is 86.2 Å². The number of phosphoric acid groups is 1. The van der Waals surface area contributed by atoms with Gasteiger partial charge in [0.15, 0.2) is 0 Å². The zero-order valence-electron chi connectivity index (χ0n) is 4.37. The molecule has 10 heavy (non-hydrogen) atoms. The minimum absolute atomic E-state index is 0. The minimum Gasteiger partial charge on any atom is 3.00 e. The predicted molar refractivity (Wildman–Crippen MR) is 25.2 cm³/mol. The summed E-state index contributed by atoms with van der Waals surface area (Å²) in [5.41, 5.74) is 15.1. The fourth-order valence-corrected chi connectivity index (χ4v) is 0. The molecule has 0 atom stereocenters. The number of hydrogen-bond acceptors (Lipinski definition) is 4. The van der Waals surface area contributed by atoms with E-state index in [1.165, 1.54) is 0 Å². The van der Waals surface area contributed by atoms with Gasteiger partial charge in [-0.1, -0.05) is 0 Å². The zero-order chi connectivity index (χ0) is 8.08. The molecule has 0 saturated heterocycles. The molecule has 0 amide bonds. The summed E-state index contributed by atoms with van der Waals surface area (Å²) < 4.78 is 8.55. The van der Waals surface area contributed by atoms with Gasteiger partial charge in [-0.05, 0) is 0 Å². The Balaban J connectivity index is -0.0000000910. The Bertz CT molecular complexity index is 89.7. The molecule has 4 nitrogen and oxygen atoms in total. The number of halogens is 3. The maximum Gasteiger partial charge on any atom is 3.00 e. The van der Waals surface area contributed by atoms with Crippen LogP contribution in [0.25, 0.3) is 0 Å². The summed E-state index contributed by atoms with van der Waals surface area (Å²) >= 11 is -2.31. The van der Waals surface area contributed by atoms with Crippen molar-refractivity contribution >= 4 is 25.0 Å². The molecule has 0 unspecified atom stereocenters. The summed E-state index contributed by atoms with van der Waals surface area (Å²) in [6.45, 7) is 0. The average molecular weight is 483 g/mol. The van der Waals surface area contributed by atoms with E-state index in [1.807, 2.05) is 0 Å². The van der Waals surface area contributed by atoms with Crippen LogP contribution in [0.1, 0.15) is 0 Å². The quantitative estimate of drug-likeness (QED) is 0.425. The standard InChI is InChI=1S/3ClH.H3O4P.2Pr/c;;;1-5(2,3)4;;/h3*1H;(H3,1,2,3,4);;/q;;;;2*+3/p-6. The van der Waals surface area contributed by atoms with Crippen LogP contribution in [0, 0.1) is 71.6 Å². The third-order valence-electron chi connectivity index (χ3n) is 0. The van der Waals surface area contributed by atoms with Crippen LogP contribution in [0.2, 0.25) is 0 Å². The van der Waals surface area contributed by atoms with Crippen LogP contribution in [0.3, 0.4) is 0 Å². The second-order valence-electron chi connectivity index (χ2n) is 0.695. The van der Waals surface area contributed by atoms with Crippen molar-refractivity contribution in [3.05, 3.63) is 0 Å². The summed E-state index contributed by atoms with van der Waals surface area (Å²) in [4.78, 5) is 25.6. The first-order chi connectivity index (χ1) is 3.73. The van der Waals surface area contributed by atoms with Gasteiger partial charge in [0.1, 0.15) is 0 Å². The molecule has 10 heteroatoms. The fourth-order valence-electron chi connectivity index (χ4n) is 0. The molecule has 0 saturated carbocycles. The molecular weight excluding hydrogens is 483 g/mol. The Hall–Kier alpha value is 3.71. The van der Waals surface area contributed by atoms with E-state index in [4.69, 9.17) is 36.4 Å². The second kappa shape index (κ2) is 10.8. The van der Waals surface area contributed by atoms with Crippen molar-refractivity contribution in [1.29, 1.82) is 0 Å². The third kappa shape index (κ3) is 97.7. The van der Waals surface area contributed by atoms with Crippen LogP contribution in [-0.2, 0) is 4.57 Å². The van der Waals surface area contributed by atoms with Crippen molar-refractivity contribution in [2.75, 3.05) is 0 Å². The van der Waals surface area contributed by atoms with Gasteiger partial charge in [-0.25, -0.2) is 0 Å². The van der Waals surface area contributed by atoms with Crippen molar-refractivity contribution in [3.8, 4) is 0 Å². The van der Waals surface area contributed by atoms with Crippen molar-refractivity contribution in [1.82, 2.24) is 0 Å². The van der Waals surface area contributed by atoms with E-state index < -0.39 is 38.1 Å². The first-order valence-electron chi connectivity index (χ1n) is 1.38. The SMILES string of the molecule is O=P([O-])([O-])[O-].[Cl][Pr]([Cl])[Cl].[Pr+3]. The van der Waals surface area contributed by atoms with Gasteiger partial charge in [0.25, 0.3) is 0 Å². The maximum absolute atomic E-state index is 8.55. The van der Waals surface area contributed by atoms with Crippen molar-refractivity contribution in [3.63, 3.8) is 0 Å². The van der Waals surface area contributed by atoms with Crippen molar-refractivity contribution < 1.29 is 90.8 Å². The van der Waals surface area contributed by atoms with Crippen molar-refractivity contribution in [2.24, 2.45) is 0 Å². The van der Waals surface area contributed by atoms with Gasteiger partial charge in [-0.3, -0.25) is 0 Å². The largest absolute Gasteiger partial charge is 3.00 e. The molecule has 0 N–H and O–H groups in total. The summed E-state index contributed by atoms with van der Waals surface area (Å²) in [6, 6.07) is 0. The Morgan fingerprint density at radius 2 is 1.10 bits per heavy atom.